The third-order valence-electron chi connectivity index (χ3n) is 6.84. The van der Waals surface area contributed by atoms with Crippen LogP contribution < -0.4 is 5.32 Å². The van der Waals surface area contributed by atoms with E-state index < -0.39 is 0 Å². The van der Waals surface area contributed by atoms with E-state index >= 15 is 0 Å². The number of rotatable bonds is 5. The van der Waals surface area contributed by atoms with Crippen molar-refractivity contribution in [3.8, 4) is 0 Å². The molecule has 1 N–H and O–H groups in total. The Morgan fingerprint density at radius 2 is 2.19 bits per heavy atom. The van der Waals surface area contributed by atoms with Crippen molar-refractivity contribution in [1.82, 2.24) is 15.1 Å². The van der Waals surface area contributed by atoms with Crippen LogP contribution in [-0.4, -0.2) is 61.8 Å². The molecule has 6 nitrogen and oxygen atoms in total. The van der Waals surface area contributed by atoms with Gasteiger partial charge in [0.2, 0.25) is 0 Å². The largest absolute Gasteiger partial charge is 0.467 e. The molecule has 0 bridgehead atoms. The first-order valence-electron chi connectivity index (χ1n) is 9.98. The van der Waals surface area contributed by atoms with Crippen molar-refractivity contribution in [1.29, 1.82) is 0 Å². The van der Waals surface area contributed by atoms with Gasteiger partial charge >= 0.3 is 6.03 Å². The fraction of sp³-hybridized carbons (Fsp3) is 0.750. The van der Waals surface area contributed by atoms with Gasteiger partial charge in [-0.3, -0.25) is 4.90 Å². The van der Waals surface area contributed by atoms with E-state index in [0.717, 1.165) is 44.3 Å². The molecule has 1 aliphatic carbocycles. The molecule has 3 heterocycles. The van der Waals surface area contributed by atoms with Crippen molar-refractivity contribution >= 4 is 6.03 Å². The highest BCUT2D eigenvalue weighted by atomic mass is 16.5. The quantitative estimate of drug-likeness (QED) is 0.876. The standard InChI is InChI=1S/C20H31N3O3/c1-25-14-16-13-23(17-4-2-5-17)15-20(16)7-9-22(10-8-20)19(24)21-12-18-6-3-11-26-18/h3,6,11,16-17H,2,4-5,7-10,12-15H2,1H3,(H,21,24). The minimum atomic E-state index is 0.0217. The first kappa shape index (κ1) is 17.9. The average Bonchev–Trinajstić information content (AvgIpc) is 3.22. The van der Waals surface area contributed by atoms with Crippen LogP contribution in [0, 0.1) is 11.3 Å². The Hall–Kier alpha value is -1.53. The number of amides is 2. The molecule has 6 heteroatoms. The maximum Gasteiger partial charge on any atom is 0.317 e. The number of nitrogens with zero attached hydrogens (tertiary/aromatic N) is 2. The van der Waals surface area contributed by atoms with E-state index in [1.807, 2.05) is 24.1 Å². The zero-order chi connectivity index (χ0) is 18.0. The van der Waals surface area contributed by atoms with E-state index in [0.29, 0.717) is 17.9 Å². The van der Waals surface area contributed by atoms with Crippen molar-refractivity contribution < 1.29 is 13.9 Å². The Morgan fingerprint density at radius 1 is 1.38 bits per heavy atom. The third kappa shape index (κ3) is 3.49. The maximum absolute atomic E-state index is 12.5. The number of hydrogen-bond acceptors (Lipinski definition) is 4. The van der Waals surface area contributed by atoms with Gasteiger partial charge in [0.25, 0.3) is 0 Å². The van der Waals surface area contributed by atoms with Gasteiger partial charge in [-0.2, -0.15) is 0 Å². The molecule has 26 heavy (non-hydrogen) atoms. The number of urea groups is 1. The Labute approximate surface area is 155 Å². The summed E-state index contributed by atoms with van der Waals surface area (Å²) < 4.78 is 10.8. The van der Waals surface area contributed by atoms with Crippen molar-refractivity contribution in [3.63, 3.8) is 0 Å². The van der Waals surface area contributed by atoms with Crippen LogP contribution >= 0.6 is 0 Å². The lowest BCUT2D eigenvalue weighted by atomic mass is 9.71. The molecule has 2 aliphatic heterocycles. The summed E-state index contributed by atoms with van der Waals surface area (Å²) in [7, 11) is 1.82. The minimum absolute atomic E-state index is 0.0217. The zero-order valence-electron chi connectivity index (χ0n) is 15.8. The van der Waals surface area contributed by atoms with E-state index in [9.17, 15) is 4.79 Å². The van der Waals surface area contributed by atoms with Crippen molar-refractivity contribution in [2.45, 2.75) is 44.7 Å². The van der Waals surface area contributed by atoms with Crippen LogP contribution in [0.3, 0.4) is 0 Å². The molecule has 1 aromatic rings. The Bertz CT molecular complexity index is 591. The summed E-state index contributed by atoms with van der Waals surface area (Å²) in [5.41, 5.74) is 0.323. The highest BCUT2D eigenvalue weighted by Gasteiger charge is 2.50. The van der Waals surface area contributed by atoms with Gasteiger partial charge in [0.05, 0.1) is 19.4 Å². The monoisotopic (exact) mass is 361 g/mol. The number of furan rings is 1. The first-order valence-corrected chi connectivity index (χ1v) is 9.98. The number of carbonyl (C=O) groups is 1. The molecule has 144 valence electrons. The summed E-state index contributed by atoms with van der Waals surface area (Å²) in [5.74, 6) is 1.39. The van der Waals surface area contributed by atoms with E-state index in [-0.39, 0.29) is 6.03 Å². The summed E-state index contributed by atoms with van der Waals surface area (Å²) in [6.07, 6.45) is 7.90. The molecule has 0 radical (unpaired) electrons. The number of carbonyl (C=O) groups excluding carboxylic acids is 1. The summed E-state index contributed by atoms with van der Waals surface area (Å²) in [4.78, 5) is 17.1. The molecule has 4 rings (SSSR count). The van der Waals surface area contributed by atoms with Crippen LogP contribution in [0.2, 0.25) is 0 Å². The van der Waals surface area contributed by atoms with Crippen LogP contribution in [0.15, 0.2) is 22.8 Å². The highest BCUT2D eigenvalue weighted by molar-refractivity contribution is 5.74. The lowest BCUT2D eigenvalue weighted by Gasteiger charge is -2.43. The zero-order valence-corrected chi connectivity index (χ0v) is 15.8. The van der Waals surface area contributed by atoms with Crippen LogP contribution in [0.1, 0.15) is 37.9 Å². The smallest absolute Gasteiger partial charge is 0.317 e. The minimum Gasteiger partial charge on any atom is -0.467 e. The molecule has 2 saturated heterocycles. The summed E-state index contributed by atoms with van der Waals surface area (Å²) in [6, 6.07) is 4.54. The summed E-state index contributed by atoms with van der Waals surface area (Å²) in [6.45, 7) is 5.32. The average molecular weight is 361 g/mol. The highest BCUT2D eigenvalue weighted by Crippen LogP contribution is 2.47. The SMILES string of the molecule is COCC1CN(C2CCC2)CC12CCN(C(=O)NCc1ccco1)CC2. The summed E-state index contributed by atoms with van der Waals surface area (Å²) in [5, 5.41) is 2.97. The van der Waals surface area contributed by atoms with Gasteiger partial charge in [-0.15, -0.1) is 0 Å². The normalized spacial score (nSPS) is 26.2. The molecule has 3 fully saturated rings. The molecule has 0 aromatic carbocycles. The van der Waals surface area contributed by atoms with E-state index in [4.69, 9.17) is 9.15 Å². The molecule has 1 aromatic heterocycles. The lowest BCUT2D eigenvalue weighted by molar-refractivity contribution is 0.0455. The second kappa shape index (κ2) is 7.61. The molecule has 1 spiro atoms. The Morgan fingerprint density at radius 3 is 2.81 bits per heavy atom. The fourth-order valence-electron chi connectivity index (χ4n) is 4.94. The van der Waals surface area contributed by atoms with Crippen molar-refractivity contribution in [2.75, 3.05) is 39.9 Å². The maximum atomic E-state index is 12.5. The van der Waals surface area contributed by atoms with Gasteiger partial charge < -0.3 is 19.4 Å². The van der Waals surface area contributed by atoms with Crippen molar-refractivity contribution in [2.24, 2.45) is 11.3 Å². The molecule has 1 saturated carbocycles. The number of methoxy groups -OCH3 is 1. The van der Waals surface area contributed by atoms with E-state index in [1.165, 1.54) is 32.4 Å². The van der Waals surface area contributed by atoms with Gasteiger partial charge in [-0.05, 0) is 43.2 Å². The van der Waals surface area contributed by atoms with Crippen LogP contribution in [-0.2, 0) is 11.3 Å². The Balaban J connectivity index is 1.32. The predicted molar refractivity (Wildman–Crippen MR) is 98.8 cm³/mol. The Kier molecular flexibility index (Phi) is 5.23. The van der Waals surface area contributed by atoms with Gasteiger partial charge in [-0.25, -0.2) is 4.79 Å². The number of piperidine rings is 1. The van der Waals surface area contributed by atoms with Gasteiger partial charge in [0.1, 0.15) is 5.76 Å². The number of nitrogens with one attached hydrogen (secondary N) is 1. The lowest BCUT2D eigenvalue weighted by Crippen LogP contribution is -2.50. The fourth-order valence-corrected chi connectivity index (χ4v) is 4.94. The second-order valence-electron chi connectivity index (χ2n) is 8.25. The van der Waals surface area contributed by atoms with Gasteiger partial charge in [-0.1, -0.05) is 6.42 Å². The molecule has 1 unspecified atom stereocenters. The predicted octanol–water partition coefficient (Wildman–Crippen LogP) is 2.70. The molecule has 3 aliphatic rings. The molecular weight excluding hydrogens is 330 g/mol. The van der Waals surface area contributed by atoms with Gasteiger partial charge in [0.15, 0.2) is 0 Å². The molecule has 1 atom stereocenters. The first-order chi connectivity index (χ1) is 12.7. The second-order valence-corrected chi connectivity index (χ2v) is 8.25. The molecule has 2 amide bonds. The van der Waals surface area contributed by atoms with E-state index in [2.05, 4.69) is 10.2 Å². The molecular formula is C20H31N3O3. The van der Waals surface area contributed by atoms with Gasteiger partial charge in [0, 0.05) is 45.2 Å². The van der Waals surface area contributed by atoms with Crippen molar-refractivity contribution in [3.05, 3.63) is 24.2 Å². The van der Waals surface area contributed by atoms with Crippen LogP contribution in [0.5, 0.6) is 0 Å². The number of hydrogen-bond donors (Lipinski definition) is 1. The van der Waals surface area contributed by atoms with Crippen LogP contribution in [0.4, 0.5) is 4.79 Å². The topological polar surface area (TPSA) is 58.0 Å². The number of likely N-dealkylation sites (tertiary alicyclic amines) is 2. The third-order valence-corrected chi connectivity index (χ3v) is 6.84. The number of ether oxygens (including phenoxy) is 1. The van der Waals surface area contributed by atoms with E-state index in [1.54, 1.807) is 6.26 Å². The summed E-state index contributed by atoms with van der Waals surface area (Å²) >= 11 is 0. The van der Waals surface area contributed by atoms with Crippen LogP contribution in [0.25, 0.3) is 0 Å².